The quantitative estimate of drug-likeness (QED) is 0.732. The second-order valence-electron chi connectivity index (χ2n) is 4.40. The van der Waals surface area contributed by atoms with Crippen LogP contribution in [0.1, 0.15) is 18.5 Å². The van der Waals surface area contributed by atoms with Crippen LogP contribution in [0.15, 0.2) is 59.4 Å². The number of H-pyrrole nitrogens is 1. The molecule has 3 heteroatoms. The van der Waals surface area contributed by atoms with Crippen molar-refractivity contribution in [3.8, 4) is 0 Å². The first-order chi connectivity index (χ1) is 8.77. The van der Waals surface area contributed by atoms with Gasteiger partial charge in [0.2, 0.25) is 0 Å². The molecule has 0 aliphatic heterocycles. The largest absolute Gasteiger partial charge is 0.327 e. The average molecular weight is 238 g/mol. The van der Waals surface area contributed by atoms with Crippen LogP contribution >= 0.6 is 0 Å². The Balaban J connectivity index is 2.20. The van der Waals surface area contributed by atoms with Gasteiger partial charge in [0.25, 0.3) is 0 Å². The third-order valence-electron chi connectivity index (χ3n) is 3.29. The smallest absolute Gasteiger partial charge is 0.306 e. The molecule has 1 atom stereocenters. The van der Waals surface area contributed by atoms with Gasteiger partial charge in [0.05, 0.1) is 17.1 Å². The molecule has 0 radical (unpaired) electrons. The maximum absolute atomic E-state index is 12.1. The van der Waals surface area contributed by atoms with Crippen LogP contribution in [-0.2, 0) is 0 Å². The molecule has 0 saturated carbocycles. The number of fused-ring (bicyclic) bond motifs is 1. The molecule has 0 saturated heterocycles. The minimum absolute atomic E-state index is 0.0230. The Morgan fingerprint density at radius 3 is 2.44 bits per heavy atom. The van der Waals surface area contributed by atoms with Gasteiger partial charge in [0, 0.05) is 0 Å². The van der Waals surface area contributed by atoms with E-state index >= 15 is 0 Å². The van der Waals surface area contributed by atoms with Gasteiger partial charge in [-0.15, -0.1) is 0 Å². The SMILES string of the molecule is CC(c1ccccc1)n1c(=O)[nH]c2ccccc21. The highest BCUT2D eigenvalue weighted by atomic mass is 16.1. The summed E-state index contributed by atoms with van der Waals surface area (Å²) in [5.41, 5.74) is 2.89. The lowest BCUT2D eigenvalue weighted by atomic mass is 10.1. The van der Waals surface area contributed by atoms with Crippen LogP contribution in [0.4, 0.5) is 0 Å². The Morgan fingerprint density at radius 1 is 1.00 bits per heavy atom. The number of aromatic amines is 1. The summed E-state index contributed by atoms with van der Waals surface area (Å²) in [7, 11) is 0. The first-order valence-corrected chi connectivity index (χ1v) is 6.01. The highest BCUT2D eigenvalue weighted by Crippen LogP contribution is 2.20. The van der Waals surface area contributed by atoms with E-state index in [0.717, 1.165) is 16.6 Å². The van der Waals surface area contributed by atoms with Crippen molar-refractivity contribution in [2.24, 2.45) is 0 Å². The maximum Gasteiger partial charge on any atom is 0.327 e. The van der Waals surface area contributed by atoms with Crippen molar-refractivity contribution in [3.05, 3.63) is 70.6 Å². The van der Waals surface area contributed by atoms with E-state index in [9.17, 15) is 4.79 Å². The molecular formula is C15H14N2O. The minimum Gasteiger partial charge on any atom is -0.306 e. The molecule has 3 nitrogen and oxygen atoms in total. The van der Waals surface area contributed by atoms with Crippen molar-refractivity contribution >= 4 is 11.0 Å². The summed E-state index contributed by atoms with van der Waals surface area (Å²) in [6.07, 6.45) is 0. The molecule has 90 valence electrons. The Labute approximate surface area is 105 Å². The van der Waals surface area contributed by atoms with E-state index in [2.05, 4.69) is 4.98 Å². The molecule has 3 rings (SSSR count). The first-order valence-electron chi connectivity index (χ1n) is 6.01. The van der Waals surface area contributed by atoms with Crippen LogP contribution in [0.25, 0.3) is 11.0 Å². The summed E-state index contributed by atoms with van der Waals surface area (Å²) in [5, 5.41) is 0. The van der Waals surface area contributed by atoms with Crippen LogP contribution in [0.3, 0.4) is 0 Å². The molecule has 0 bridgehead atoms. The van der Waals surface area contributed by atoms with E-state index in [0.29, 0.717) is 0 Å². The van der Waals surface area contributed by atoms with Crippen LogP contribution in [0.5, 0.6) is 0 Å². The van der Waals surface area contributed by atoms with E-state index in [1.807, 2.05) is 61.5 Å². The average Bonchev–Trinajstić information content (AvgIpc) is 2.75. The van der Waals surface area contributed by atoms with Gasteiger partial charge in [-0.25, -0.2) is 4.79 Å². The van der Waals surface area contributed by atoms with Crippen molar-refractivity contribution in [2.75, 3.05) is 0 Å². The maximum atomic E-state index is 12.1. The first kappa shape index (κ1) is 10.8. The molecular weight excluding hydrogens is 224 g/mol. The molecule has 0 fully saturated rings. The fraction of sp³-hybridized carbons (Fsp3) is 0.133. The number of hydrogen-bond donors (Lipinski definition) is 1. The Kier molecular flexibility index (Phi) is 2.52. The molecule has 1 aromatic heterocycles. The molecule has 2 aromatic carbocycles. The van der Waals surface area contributed by atoms with Crippen molar-refractivity contribution in [1.29, 1.82) is 0 Å². The van der Waals surface area contributed by atoms with E-state index in [1.54, 1.807) is 4.57 Å². The second-order valence-corrected chi connectivity index (χ2v) is 4.40. The Morgan fingerprint density at radius 2 is 1.67 bits per heavy atom. The summed E-state index contributed by atoms with van der Waals surface area (Å²) in [6.45, 7) is 2.04. The zero-order valence-corrected chi connectivity index (χ0v) is 10.1. The van der Waals surface area contributed by atoms with E-state index in [-0.39, 0.29) is 11.7 Å². The van der Waals surface area contributed by atoms with Gasteiger partial charge in [-0.1, -0.05) is 42.5 Å². The van der Waals surface area contributed by atoms with E-state index in [4.69, 9.17) is 0 Å². The lowest BCUT2D eigenvalue weighted by molar-refractivity contribution is 0.635. The third kappa shape index (κ3) is 1.64. The zero-order chi connectivity index (χ0) is 12.5. The molecule has 0 aliphatic rings. The second kappa shape index (κ2) is 4.18. The molecule has 1 N–H and O–H groups in total. The summed E-state index contributed by atoms with van der Waals surface area (Å²) in [4.78, 5) is 14.9. The van der Waals surface area contributed by atoms with Gasteiger partial charge < -0.3 is 4.98 Å². The molecule has 3 aromatic rings. The standard InChI is InChI=1S/C15H14N2O/c1-11(12-7-3-2-4-8-12)17-14-10-6-5-9-13(14)16-15(17)18/h2-11H,1H3,(H,16,18). The fourth-order valence-electron chi connectivity index (χ4n) is 2.34. The molecule has 1 unspecified atom stereocenters. The third-order valence-corrected chi connectivity index (χ3v) is 3.29. The van der Waals surface area contributed by atoms with Crippen LogP contribution in [0.2, 0.25) is 0 Å². The lowest BCUT2D eigenvalue weighted by Crippen LogP contribution is -2.21. The Bertz CT molecular complexity index is 725. The number of benzene rings is 2. The monoisotopic (exact) mass is 238 g/mol. The highest BCUT2D eigenvalue weighted by molar-refractivity contribution is 5.75. The minimum atomic E-state index is -0.0625. The van der Waals surface area contributed by atoms with Crippen molar-refractivity contribution in [1.82, 2.24) is 9.55 Å². The molecule has 0 amide bonds. The topological polar surface area (TPSA) is 37.8 Å². The number of nitrogens with zero attached hydrogens (tertiary/aromatic N) is 1. The predicted octanol–water partition coefficient (Wildman–Crippen LogP) is 2.94. The van der Waals surface area contributed by atoms with Crippen LogP contribution in [0, 0.1) is 0 Å². The molecule has 0 aliphatic carbocycles. The Hall–Kier alpha value is -2.29. The molecule has 0 spiro atoms. The molecule has 18 heavy (non-hydrogen) atoms. The summed E-state index contributed by atoms with van der Waals surface area (Å²) < 4.78 is 1.80. The van der Waals surface area contributed by atoms with Gasteiger partial charge in [0.15, 0.2) is 0 Å². The summed E-state index contributed by atoms with van der Waals surface area (Å²) in [5.74, 6) is 0. The normalized spacial score (nSPS) is 12.7. The van der Waals surface area contributed by atoms with Gasteiger partial charge in [-0.2, -0.15) is 0 Å². The predicted molar refractivity (Wildman–Crippen MR) is 72.8 cm³/mol. The van der Waals surface area contributed by atoms with Gasteiger partial charge in [-0.05, 0) is 24.6 Å². The number of hydrogen-bond acceptors (Lipinski definition) is 1. The summed E-state index contributed by atoms with van der Waals surface area (Å²) >= 11 is 0. The van der Waals surface area contributed by atoms with E-state index < -0.39 is 0 Å². The van der Waals surface area contributed by atoms with Crippen molar-refractivity contribution < 1.29 is 0 Å². The van der Waals surface area contributed by atoms with Gasteiger partial charge in [0.1, 0.15) is 0 Å². The summed E-state index contributed by atoms with van der Waals surface area (Å²) in [6, 6.07) is 17.8. The van der Waals surface area contributed by atoms with Crippen LogP contribution in [-0.4, -0.2) is 9.55 Å². The number of rotatable bonds is 2. The highest BCUT2D eigenvalue weighted by Gasteiger charge is 2.13. The number of imidazole rings is 1. The van der Waals surface area contributed by atoms with Crippen LogP contribution < -0.4 is 5.69 Å². The van der Waals surface area contributed by atoms with Crippen molar-refractivity contribution in [2.45, 2.75) is 13.0 Å². The lowest BCUT2D eigenvalue weighted by Gasteiger charge is -2.13. The number of aromatic nitrogens is 2. The number of para-hydroxylation sites is 2. The molecule has 1 heterocycles. The zero-order valence-electron chi connectivity index (χ0n) is 10.1. The number of nitrogens with one attached hydrogen (secondary N) is 1. The fourth-order valence-corrected chi connectivity index (χ4v) is 2.34. The van der Waals surface area contributed by atoms with Gasteiger partial charge in [-0.3, -0.25) is 4.57 Å². The van der Waals surface area contributed by atoms with E-state index in [1.165, 1.54) is 0 Å². The van der Waals surface area contributed by atoms with Crippen molar-refractivity contribution in [3.63, 3.8) is 0 Å². The van der Waals surface area contributed by atoms with Gasteiger partial charge >= 0.3 is 5.69 Å².